The highest BCUT2D eigenvalue weighted by molar-refractivity contribution is 9.10. The first kappa shape index (κ1) is 27.6. The van der Waals surface area contributed by atoms with Gasteiger partial charge in [0.25, 0.3) is 0 Å². The fraction of sp³-hybridized carbons (Fsp3) is 0.692. The van der Waals surface area contributed by atoms with Gasteiger partial charge in [-0.1, -0.05) is 24.1 Å². The Bertz CT molecular complexity index is 890. The second-order valence-corrected chi connectivity index (χ2v) is 11.6. The molecule has 36 heavy (non-hydrogen) atoms. The molecule has 3 fully saturated rings. The molecule has 1 atom stereocenters. The monoisotopic (exact) mass is 583 g/mol. The predicted octanol–water partition coefficient (Wildman–Crippen LogP) is 3.69. The van der Waals surface area contributed by atoms with E-state index < -0.39 is 12.1 Å². The third-order valence-electron chi connectivity index (χ3n) is 7.66. The zero-order chi connectivity index (χ0) is 25.7. The number of hydrogen-bond acceptors (Lipinski definition) is 6. The van der Waals surface area contributed by atoms with E-state index in [9.17, 15) is 9.59 Å². The number of rotatable bonds is 6. The van der Waals surface area contributed by atoms with Gasteiger partial charge in [-0.05, 0) is 72.8 Å². The molecule has 3 heterocycles. The molecule has 2 amide bonds. The van der Waals surface area contributed by atoms with Gasteiger partial charge in [0.1, 0.15) is 6.04 Å². The first-order valence-electron chi connectivity index (χ1n) is 13.2. The van der Waals surface area contributed by atoms with Crippen molar-refractivity contribution in [2.45, 2.75) is 57.5 Å². The molecule has 0 bridgehead atoms. The van der Waals surface area contributed by atoms with E-state index in [1.807, 2.05) is 24.0 Å². The largest absolute Gasteiger partial charge is 0.426 e. The Balaban J connectivity index is 1.40. The van der Waals surface area contributed by atoms with Crippen molar-refractivity contribution in [3.8, 4) is 0 Å². The summed E-state index contributed by atoms with van der Waals surface area (Å²) in [5, 5.41) is 5.24. The third-order valence-corrected chi connectivity index (χ3v) is 9.01. The lowest BCUT2D eigenvalue weighted by molar-refractivity contribution is -0.136. The van der Waals surface area contributed by atoms with E-state index in [1.165, 1.54) is 0 Å². The van der Waals surface area contributed by atoms with Crippen molar-refractivity contribution in [3.63, 3.8) is 0 Å². The van der Waals surface area contributed by atoms with Gasteiger partial charge in [-0.3, -0.25) is 9.69 Å². The highest BCUT2D eigenvalue weighted by Crippen LogP contribution is 2.28. The molecule has 10 heteroatoms. The number of carbonyl (C=O) groups excluding carboxylic acids is 2. The summed E-state index contributed by atoms with van der Waals surface area (Å²) in [5.41, 5.74) is 1.86. The number of benzene rings is 1. The van der Waals surface area contributed by atoms with Crippen LogP contribution in [0, 0.1) is 6.92 Å². The molecule has 0 saturated carbocycles. The lowest BCUT2D eigenvalue weighted by Crippen LogP contribution is -2.56. The summed E-state index contributed by atoms with van der Waals surface area (Å²) in [6.45, 7) is 9.19. The number of nitrogens with one attached hydrogen (secondary N) is 1. The Morgan fingerprint density at radius 1 is 1.06 bits per heavy atom. The van der Waals surface area contributed by atoms with Crippen molar-refractivity contribution in [1.29, 1.82) is 0 Å². The van der Waals surface area contributed by atoms with Gasteiger partial charge < -0.3 is 20.0 Å². The normalized spacial score (nSPS) is 21.8. The number of hydroxylamine groups is 2. The van der Waals surface area contributed by atoms with Gasteiger partial charge in [-0.2, -0.15) is 0 Å². The molecular weight excluding hydrogens is 546 g/mol. The second kappa shape index (κ2) is 12.9. The zero-order valence-corrected chi connectivity index (χ0v) is 23.8. The van der Waals surface area contributed by atoms with Gasteiger partial charge in [0.15, 0.2) is 0 Å². The molecule has 3 aliphatic heterocycles. The minimum absolute atomic E-state index is 0.0499. The Hall–Kier alpha value is -1.39. The van der Waals surface area contributed by atoms with Crippen LogP contribution in [0.25, 0.3) is 0 Å². The van der Waals surface area contributed by atoms with Gasteiger partial charge in [0.2, 0.25) is 5.91 Å². The maximum absolute atomic E-state index is 13.7. The van der Waals surface area contributed by atoms with Gasteiger partial charge in [0.05, 0.1) is 5.02 Å². The van der Waals surface area contributed by atoms with Crippen LogP contribution >= 0.6 is 27.5 Å². The number of likely N-dealkylation sites (tertiary alicyclic amines) is 1. The third kappa shape index (κ3) is 7.34. The van der Waals surface area contributed by atoms with Crippen LogP contribution in [0.5, 0.6) is 0 Å². The average molecular weight is 585 g/mol. The second-order valence-electron chi connectivity index (χ2n) is 10.4. The van der Waals surface area contributed by atoms with Crippen molar-refractivity contribution >= 4 is 39.5 Å². The van der Waals surface area contributed by atoms with E-state index in [0.717, 1.165) is 87.0 Å². The SMILES string of the molecule is Cc1cc(CC(NC(=O)ON2CCCCC2)C(=O)N2CCC(N3CCN(C)CC3)CC2)cc(Br)c1Cl. The molecule has 1 aromatic rings. The van der Waals surface area contributed by atoms with Crippen molar-refractivity contribution in [1.82, 2.24) is 25.1 Å². The van der Waals surface area contributed by atoms with Gasteiger partial charge >= 0.3 is 6.09 Å². The predicted molar refractivity (Wildman–Crippen MR) is 145 cm³/mol. The first-order chi connectivity index (χ1) is 17.3. The number of hydrogen-bond donors (Lipinski definition) is 1. The molecule has 0 aliphatic carbocycles. The Morgan fingerprint density at radius 2 is 1.72 bits per heavy atom. The fourth-order valence-corrected chi connectivity index (χ4v) is 6.17. The lowest BCUT2D eigenvalue weighted by Gasteiger charge is -2.42. The molecule has 1 aromatic carbocycles. The lowest BCUT2D eigenvalue weighted by atomic mass is 9.99. The topological polar surface area (TPSA) is 68.4 Å². The van der Waals surface area contributed by atoms with E-state index in [1.54, 1.807) is 5.06 Å². The van der Waals surface area contributed by atoms with Gasteiger partial charge in [-0.15, -0.1) is 5.06 Å². The van der Waals surface area contributed by atoms with Crippen LogP contribution in [-0.4, -0.2) is 103 Å². The smallest absolute Gasteiger partial charge is 0.351 e. The summed E-state index contributed by atoms with van der Waals surface area (Å²) in [4.78, 5) is 38.9. The number of carbonyl (C=O) groups is 2. The standard InChI is InChI=1S/C26H39BrClN5O3/c1-19-16-20(17-22(27)24(19)28)18-23(29-26(35)36-33-8-4-3-5-9-33)25(34)32-10-6-21(7-11-32)31-14-12-30(2)13-15-31/h16-17,21,23H,3-15,18H2,1-2H3,(H,29,35). The number of halogens is 2. The molecule has 200 valence electrons. The maximum atomic E-state index is 13.7. The van der Waals surface area contributed by atoms with Crippen molar-refractivity contribution in [3.05, 3.63) is 32.8 Å². The van der Waals surface area contributed by atoms with Crippen LogP contribution in [0.3, 0.4) is 0 Å². The van der Waals surface area contributed by atoms with Crippen LogP contribution in [0.15, 0.2) is 16.6 Å². The molecule has 0 radical (unpaired) electrons. The number of aryl methyl sites for hydroxylation is 1. The summed E-state index contributed by atoms with van der Waals surface area (Å²) < 4.78 is 0.786. The molecule has 0 aromatic heterocycles. The number of piperazine rings is 1. The quantitative estimate of drug-likeness (QED) is 0.550. The summed E-state index contributed by atoms with van der Waals surface area (Å²) in [6, 6.07) is 3.72. The van der Waals surface area contributed by atoms with Crippen molar-refractivity contribution in [2.75, 3.05) is 59.4 Å². The highest BCUT2D eigenvalue weighted by atomic mass is 79.9. The van der Waals surface area contributed by atoms with Crippen LogP contribution in [0.2, 0.25) is 5.02 Å². The first-order valence-corrected chi connectivity index (χ1v) is 14.4. The van der Waals surface area contributed by atoms with E-state index in [0.29, 0.717) is 30.6 Å². The molecule has 3 aliphatic rings. The number of nitrogens with zero attached hydrogens (tertiary/aromatic N) is 4. The van der Waals surface area contributed by atoms with Crippen LogP contribution in [0.4, 0.5) is 4.79 Å². The van der Waals surface area contributed by atoms with Crippen LogP contribution in [0.1, 0.15) is 43.2 Å². The number of piperidine rings is 2. The summed E-state index contributed by atoms with van der Waals surface area (Å²) in [6.07, 6.45) is 4.91. The number of amides is 2. The average Bonchev–Trinajstić information content (AvgIpc) is 2.87. The molecule has 3 saturated heterocycles. The summed E-state index contributed by atoms with van der Waals surface area (Å²) in [7, 11) is 2.17. The Kier molecular flexibility index (Phi) is 9.91. The Morgan fingerprint density at radius 3 is 2.36 bits per heavy atom. The summed E-state index contributed by atoms with van der Waals surface area (Å²) in [5.74, 6) is -0.0499. The van der Waals surface area contributed by atoms with Crippen molar-refractivity contribution < 1.29 is 14.4 Å². The van der Waals surface area contributed by atoms with Crippen LogP contribution < -0.4 is 5.32 Å². The molecule has 4 rings (SSSR count). The van der Waals surface area contributed by atoms with E-state index >= 15 is 0 Å². The van der Waals surface area contributed by atoms with Gasteiger partial charge in [-0.25, -0.2) is 4.79 Å². The molecular formula is C26H39BrClN5O3. The zero-order valence-electron chi connectivity index (χ0n) is 21.5. The Labute approximate surface area is 228 Å². The minimum atomic E-state index is -0.699. The minimum Gasteiger partial charge on any atom is -0.351 e. The molecule has 1 N–H and O–H groups in total. The van der Waals surface area contributed by atoms with Crippen LogP contribution in [-0.2, 0) is 16.1 Å². The van der Waals surface area contributed by atoms with E-state index in [4.69, 9.17) is 16.4 Å². The van der Waals surface area contributed by atoms with Crippen molar-refractivity contribution in [2.24, 2.45) is 0 Å². The van der Waals surface area contributed by atoms with E-state index in [-0.39, 0.29) is 5.91 Å². The van der Waals surface area contributed by atoms with E-state index in [2.05, 4.69) is 38.1 Å². The maximum Gasteiger partial charge on any atom is 0.426 e. The molecule has 1 unspecified atom stereocenters. The molecule has 0 spiro atoms. The highest BCUT2D eigenvalue weighted by Gasteiger charge is 2.33. The molecule has 8 nitrogen and oxygen atoms in total. The van der Waals surface area contributed by atoms with Gasteiger partial charge in [0, 0.05) is 69.3 Å². The fourth-order valence-electron chi connectivity index (χ4n) is 5.45. The summed E-state index contributed by atoms with van der Waals surface area (Å²) >= 11 is 9.84. The number of likely N-dealkylation sites (N-methyl/N-ethyl adjacent to an activating group) is 1.